The zero-order valence-electron chi connectivity index (χ0n) is 28.4. The summed E-state index contributed by atoms with van der Waals surface area (Å²) in [6, 6.07) is 29.0. The van der Waals surface area contributed by atoms with Gasteiger partial charge in [0.05, 0.1) is 0 Å². The van der Waals surface area contributed by atoms with Gasteiger partial charge in [-0.05, 0) is 0 Å². The van der Waals surface area contributed by atoms with Gasteiger partial charge >= 0.3 is 58.4 Å². The van der Waals surface area contributed by atoms with Gasteiger partial charge in [0.25, 0.3) is 0 Å². The molecule has 0 radical (unpaired) electrons. The molecule has 2 nitrogen and oxygen atoms in total. The van der Waals surface area contributed by atoms with Crippen LogP contribution in [-0.4, -0.2) is 0 Å². The summed E-state index contributed by atoms with van der Waals surface area (Å²) in [6.45, 7) is 13.3. The van der Waals surface area contributed by atoms with Gasteiger partial charge < -0.3 is 27.7 Å². The Bertz CT molecular complexity index is 904. The molecule has 0 aliphatic heterocycles. The average molecular weight is 807 g/mol. The molecule has 3 aromatic carbocycles. The Labute approximate surface area is 320 Å². The van der Waals surface area contributed by atoms with Crippen molar-refractivity contribution in [3.05, 3.63) is 106 Å². The Hall–Kier alpha value is 0.450. The van der Waals surface area contributed by atoms with Crippen molar-refractivity contribution in [3.8, 4) is 0 Å². The molecule has 0 saturated carbocycles. The van der Waals surface area contributed by atoms with Crippen LogP contribution in [0.5, 0.6) is 0 Å². The van der Waals surface area contributed by atoms with Gasteiger partial charge in [-0.3, -0.25) is 0 Å². The minimum Gasteiger partial charge on any atom is -0.850 e. The topological polar surface area (TPSA) is 46.1 Å². The van der Waals surface area contributed by atoms with Crippen molar-refractivity contribution in [3.63, 3.8) is 0 Å². The maximum absolute atomic E-state index is 9.29. The van der Waals surface area contributed by atoms with Crippen LogP contribution < -0.4 is 9.79 Å². The van der Waals surface area contributed by atoms with E-state index in [4.69, 9.17) is 0 Å². The van der Waals surface area contributed by atoms with Crippen molar-refractivity contribution in [2.24, 2.45) is 0 Å². The zero-order chi connectivity index (χ0) is 30.9. The molecule has 8 heteroatoms. The van der Waals surface area contributed by atoms with E-state index in [0.717, 1.165) is 0 Å². The standard InChI is InChI=1S/3C12H17.H3O2PS2.3Zn/c3*1-3-7-11-9-5-6-10-12(11)8-4-2;1-3(2,4)5;;;/h3*5-6,9H,3-4,7-8H2,1-2H3;(H3,1,2,4,5);;;/q3*-1;;3*+2/p-3. The molecule has 0 spiro atoms. The van der Waals surface area contributed by atoms with E-state index >= 15 is 0 Å². The normalized spacial score (nSPS) is 9.66. The summed E-state index contributed by atoms with van der Waals surface area (Å²) in [6.07, 6.45) is 14.5. The van der Waals surface area contributed by atoms with Gasteiger partial charge in [-0.1, -0.05) is 119 Å². The molecule has 44 heavy (non-hydrogen) atoms. The maximum Gasteiger partial charge on any atom is 2.00 e. The van der Waals surface area contributed by atoms with Crippen LogP contribution in [0.2, 0.25) is 0 Å². The monoisotopic (exact) mass is 802 g/mol. The molecule has 0 atom stereocenters. The fourth-order valence-corrected chi connectivity index (χ4v) is 4.48. The fourth-order valence-electron chi connectivity index (χ4n) is 4.48. The predicted octanol–water partition coefficient (Wildman–Crippen LogP) is 8.65. The second kappa shape index (κ2) is 33.4. The van der Waals surface area contributed by atoms with Crippen LogP contribution >= 0.6 is 5.69 Å². The number of hydrogen-bond acceptors (Lipinski definition) is 4. The largest absolute Gasteiger partial charge is 2.00 e. The molecular formula is C36H51O2PS2Zn3. The first-order chi connectivity index (χ1) is 19.6. The van der Waals surface area contributed by atoms with E-state index in [9.17, 15) is 9.79 Å². The minimum absolute atomic E-state index is 0. The molecule has 0 aromatic heterocycles. The fraction of sp³-hybridized carbons (Fsp3) is 0.500. The molecule has 0 unspecified atom stereocenters. The first-order valence-corrected chi connectivity index (χ1v) is 19.0. The molecule has 0 heterocycles. The van der Waals surface area contributed by atoms with E-state index < -0.39 is 5.69 Å². The number of aryl methyl sites for hydroxylation is 6. The maximum atomic E-state index is 9.29. The Morgan fingerprint density at radius 3 is 0.909 bits per heavy atom. The van der Waals surface area contributed by atoms with E-state index in [0.29, 0.717) is 0 Å². The van der Waals surface area contributed by atoms with Crippen molar-refractivity contribution < 1.29 is 68.2 Å². The molecule has 0 saturated heterocycles. The Morgan fingerprint density at radius 1 is 0.523 bits per heavy atom. The second-order valence-electron chi connectivity index (χ2n) is 9.97. The summed E-state index contributed by atoms with van der Waals surface area (Å²) in [7, 11) is 0. The molecule has 0 N–H and O–H groups in total. The van der Waals surface area contributed by atoms with Crippen LogP contribution in [-0.2, 0) is 121 Å². The van der Waals surface area contributed by atoms with Gasteiger partial charge in [-0.2, -0.15) is 118 Å². The van der Waals surface area contributed by atoms with E-state index in [1.807, 2.05) is 18.2 Å². The summed E-state index contributed by atoms with van der Waals surface area (Å²) in [5.74, 6) is 0. The number of benzene rings is 3. The van der Waals surface area contributed by atoms with Gasteiger partial charge in [0.1, 0.15) is 0 Å². The third-order valence-corrected chi connectivity index (χ3v) is 6.17. The van der Waals surface area contributed by atoms with Gasteiger partial charge in [-0.15, -0.1) is 0 Å². The zero-order valence-corrected chi connectivity index (χ0v) is 39.8. The molecule has 0 aliphatic rings. The Morgan fingerprint density at radius 2 is 0.727 bits per heavy atom. The number of hydrogen-bond donors (Lipinski definition) is 0. The summed E-state index contributed by atoms with van der Waals surface area (Å²) in [5.41, 5.74) is 5.00. The van der Waals surface area contributed by atoms with E-state index in [-0.39, 0.29) is 58.4 Å². The Balaban J connectivity index is -0.000000246. The molecule has 0 amide bonds. The third-order valence-electron chi connectivity index (χ3n) is 6.17. The van der Waals surface area contributed by atoms with E-state index in [2.05, 4.69) is 120 Å². The third kappa shape index (κ3) is 27.6. The first-order valence-electron chi connectivity index (χ1n) is 15.3. The van der Waals surface area contributed by atoms with E-state index in [1.54, 1.807) is 0 Å². The number of rotatable bonds is 12. The molecule has 0 bridgehead atoms. The quantitative estimate of drug-likeness (QED) is 0.0797. The van der Waals surface area contributed by atoms with Crippen molar-refractivity contribution >= 4 is 29.7 Å². The van der Waals surface area contributed by atoms with Crippen LogP contribution in [0.15, 0.2) is 54.6 Å². The molecule has 0 aliphatic carbocycles. The SMILES string of the molecule is CCCc1[c-]cccc1CCC.CCCc1[c-]cccc1CCC.CCCc1[c-]cccc1CCC.[O-]P([O-])(=S)[S-].[Zn+2].[Zn+2].[Zn+2]. The van der Waals surface area contributed by atoms with Crippen LogP contribution in [0.25, 0.3) is 0 Å². The smallest absolute Gasteiger partial charge is 0.850 e. The summed E-state index contributed by atoms with van der Waals surface area (Å²) in [4.78, 5) is 18.6. The van der Waals surface area contributed by atoms with Gasteiger partial charge in [-0.25, -0.2) is 0 Å². The Kier molecular flexibility index (Phi) is 38.9. The molecule has 3 rings (SSSR count). The van der Waals surface area contributed by atoms with E-state index in [1.165, 1.54) is 110 Å². The van der Waals surface area contributed by atoms with Crippen molar-refractivity contribution in [2.75, 3.05) is 0 Å². The predicted molar refractivity (Wildman–Crippen MR) is 181 cm³/mol. The molecule has 3 aromatic rings. The van der Waals surface area contributed by atoms with Gasteiger partial charge in [0.15, 0.2) is 0 Å². The van der Waals surface area contributed by atoms with Crippen molar-refractivity contribution in [1.29, 1.82) is 0 Å². The van der Waals surface area contributed by atoms with Crippen LogP contribution in [0.1, 0.15) is 113 Å². The minimum atomic E-state index is -3.72. The average Bonchev–Trinajstić information content (AvgIpc) is 2.93. The van der Waals surface area contributed by atoms with Crippen LogP contribution in [0.3, 0.4) is 0 Å². The van der Waals surface area contributed by atoms with Crippen molar-refractivity contribution in [2.45, 2.75) is 119 Å². The van der Waals surface area contributed by atoms with Gasteiger partial charge in [0.2, 0.25) is 0 Å². The molecular weight excluding hydrogens is 756 g/mol. The summed E-state index contributed by atoms with van der Waals surface area (Å²) < 4.78 is 0. The van der Waals surface area contributed by atoms with Crippen LogP contribution in [0.4, 0.5) is 0 Å². The molecule has 0 fully saturated rings. The van der Waals surface area contributed by atoms with Crippen LogP contribution in [0, 0.1) is 18.2 Å². The van der Waals surface area contributed by atoms with Crippen molar-refractivity contribution in [1.82, 2.24) is 0 Å². The van der Waals surface area contributed by atoms with Gasteiger partial charge in [0, 0.05) is 0 Å². The summed E-state index contributed by atoms with van der Waals surface area (Å²) >= 11 is 7.28. The molecule has 230 valence electrons. The first kappa shape index (κ1) is 51.3. The second-order valence-corrected chi connectivity index (χ2v) is 14.4. The summed E-state index contributed by atoms with van der Waals surface area (Å²) in [5, 5.41) is 0.